The first-order valence-electron chi connectivity index (χ1n) is 10.5. The number of halogens is 3. The number of hydrogen-bond acceptors (Lipinski definition) is 7. The minimum absolute atomic E-state index is 0.180. The third-order valence-corrected chi connectivity index (χ3v) is 5.59. The van der Waals surface area contributed by atoms with Crippen LogP contribution in [0.1, 0.15) is 40.5 Å². The second-order valence-electron chi connectivity index (χ2n) is 7.79. The summed E-state index contributed by atoms with van der Waals surface area (Å²) in [6.07, 6.45) is -1.65. The number of piperidine rings is 1. The molecule has 3 aromatic rings. The molecule has 0 unspecified atom stereocenters. The van der Waals surface area contributed by atoms with Gasteiger partial charge in [-0.2, -0.15) is 18.3 Å². The summed E-state index contributed by atoms with van der Waals surface area (Å²) in [5.41, 5.74) is 5.84. The molecule has 1 aromatic carbocycles. The number of amides is 1. The Hall–Kier alpha value is -3.89. The number of nitrogens with two attached hydrogens (primary N) is 1. The molecule has 8 nitrogen and oxygen atoms in total. The smallest absolute Gasteiger partial charge is 0.416 e. The number of rotatable bonds is 5. The van der Waals surface area contributed by atoms with E-state index in [2.05, 4.69) is 15.2 Å². The van der Waals surface area contributed by atoms with Gasteiger partial charge >= 0.3 is 6.18 Å². The number of anilines is 1. The van der Waals surface area contributed by atoms with Gasteiger partial charge in [0.1, 0.15) is 17.3 Å². The number of likely N-dealkylation sites (tertiary alicyclic amines) is 1. The molecule has 4 rings (SSSR count). The molecule has 1 aliphatic rings. The molecule has 178 valence electrons. The fraction of sp³-hybridized carbons (Fsp3) is 0.304. The van der Waals surface area contributed by atoms with Crippen LogP contribution in [-0.2, 0) is 6.18 Å². The molecule has 0 bridgehead atoms. The number of pyridine rings is 1. The molecule has 1 saturated heterocycles. The van der Waals surface area contributed by atoms with Gasteiger partial charge in [-0.05, 0) is 49.2 Å². The van der Waals surface area contributed by atoms with Gasteiger partial charge in [0.15, 0.2) is 11.5 Å². The van der Waals surface area contributed by atoms with E-state index in [-0.39, 0.29) is 34.8 Å². The van der Waals surface area contributed by atoms with Gasteiger partial charge in [-0.25, -0.2) is 4.98 Å². The molecule has 3 heterocycles. The first-order valence-corrected chi connectivity index (χ1v) is 10.5. The van der Waals surface area contributed by atoms with Crippen molar-refractivity contribution in [2.75, 3.05) is 25.9 Å². The Morgan fingerprint density at radius 3 is 2.35 bits per heavy atom. The molecule has 0 atom stereocenters. The average molecular weight is 473 g/mol. The number of hydrogen-bond donors (Lipinski definition) is 1. The molecular formula is C23H22F3N5O3. The van der Waals surface area contributed by atoms with Crippen LogP contribution in [0.4, 0.5) is 19.0 Å². The van der Waals surface area contributed by atoms with Gasteiger partial charge in [-0.15, -0.1) is 5.10 Å². The molecule has 2 aromatic heterocycles. The molecule has 0 saturated carbocycles. The second-order valence-corrected chi connectivity index (χ2v) is 7.79. The fourth-order valence-electron chi connectivity index (χ4n) is 3.73. The summed E-state index contributed by atoms with van der Waals surface area (Å²) < 4.78 is 49.2. The lowest BCUT2D eigenvalue weighted by atomic mass is 9.93. The van der Waals surface area contributed by atoms with Crippen LogP contribution >= 0.6 is 0 Å². The van der Waals surface area contributed by atoms with Crippen LogP contribution in [0.3, 0.4) is 0 Å². The largest absolute Gasteiger partial charge is 0.493 e. The highest BCUT2D eigenvalue weighted by Crippen LogP contribution is 2.35. The Kier molecular flexibility index (Phi) is 6.53. The van der Waals surface area contributed by atoms with Gasteiger partial charge < -0.3 is 20.1 Å². The maximum absolute atomic E-state index is 13.0. The van der Waals surface area contributed by atoms with Gasteiger partial charge in [-0.1, -0.05) is 0 Å². The number of nitrogen functional groups attached to an aromatic ring is 1. The highest BCUT2D eigenvalue weighted by atomic mass is 19.4. The molecule has 1 amide bonds. The Morgan fingerprint density at radius 2 is 1.76 bits per heavy atom. The summed E-state index contributed by atoms with van der Waals surface area (Å²) in [4.78, 5) is 18.9. The third kappa shape index (κ3) is 5.19. The van der Waals surface area contributed by atoms with E-state index < -0.39 is 11.7 Å². The monoisotopic (exact) mass is 473 g/mol. The van der Waals surface area contributed by atoms with E-state index in [0.717, 1.165) is 30.7 Å². The van der Waals surface area contributed by atoms with Gasteiger partial charge in [0.25, 0.3) is 5.91 Å². The van der Waals surface area contributed by atoms with E-state index in [1.165, 1.54) is 31.5 Å². The van der Waals surface area contributed by atoms with Crippen LogP contribution in [0, 0.1) is 0 Å². The third-order valence-electron chi connectivity index (χ3n) is 5.59. The van der Waals surface area contributed by atoms with Crippen molar-refractivity contribution < 1.29 is 27.4 Å². The first kappa shape index (κ1) is 23.3. The van der Waals surface area contributed by atoms with E-state index in [4.69, 9.17) is 15.2 Å². The SMILES string of the molecule is COc1cc(C(=O)N2CCC(c3ccc(N)nn3)CC2)ncc1Oc1ccc(C(F)(F)F)cc1. The zero-order chi connectivity index (χ0) is 24.3. The van der Waals surface area contributed by atoms with Gasteiger partial charge in [0.05, 0.1) is 24.6 Å². The number of ether oxygens (including phenoxy) is 2. The zero-order valence-corrected chi connectivity index (χ0v) is 18.2. The minimum Gasteiger partial charge on any atom is -0.493 e. The summed E-state index contributed by atoms with van der Waals surface area (Å²) in [6.45, 7) is 1.06. The zero-order valence-electron chi connectivity index (χ0n) is 18.2. The van der Waals surface area contributed by atoms with Crippen LogP contribution in [-0.4, -0.2) is 46.2 Å². The predicted molar refractivity (Wildman–Crippen MR) is 117 cm³/mol. The highest BCUT2D eigenvalue weighted by Gasteiger charge is 2.30. The number of nitrogens with zero attached hydrogens (tertiary/aromatic N) is 4. The van der Waals surface area contributed by atoms with E-state index in [1.54, 1.807) is 11.0 Å². The molecule has 2 N–H and O–H groups in total. The van der Waals surface area contributed by atoms with Crippen molar-refractivity contribution in [3.63, 3.8) is 0 Å². The molecule has 0 radical (unpaired) electrons. The van der Waals surface area contributed by atoms with Crippen LogP contribution < -0.4 is 15.2 Å². The van der Waals surface area contributed by atoms with Crippen LogP contribution in [0.15, 0.2) is 48.7 Å². The summed E-state index contributed by atoms with van der Waals surface area (Å²) in [7, 11) is 1.41. The number of aromatic nitrogens is 3. The molecule has 0 aliphatic carbocycles. The highest BCUT2D eigenvalue weighted by molar-refractivity contribution is 5.93. The van der Waals surface area contributed by atoms with Crippen LogP contribution in [0.25, 0.3) is 0 Å². The standard InChI is InChI=1S/C23H22F3N5O3/c1-33-19-12-18(28-13-20(19)34-16-4-2-15(3-5-16)23(24,25)26)22(32)31-10-8-14(9-11-31)17-6-7-21(27)30-29-17/h2-7,12-14H,8-11H2,1H3,(H2,27,30). The summed E-state index contributed by atoms with van der Waals surface area (Å²) >= 11 is 0. The summed E-state index contributed by atoms with van der Waals surface area (Å²) in [6, 6.07) is 9.28. The first-order chi connectivity index (χ1) is 16.2. The van der Waals surface area contributed by atoms with Crippen LogP contribution in [0.5, 0.6) is 17.2 Å². The van der Waals surface area contributed by atoms with Gasteiger partial charge in [0.2, 0.25) is 0 Å². The Bertz CT molecular complexity index is 1150. The van der Waals surface area contributed by atoms with Crippen LogP contribution in [0.2, 0.25) is 0 Å². The topological polar surface area (TPSA) is 103 Å². The fourth-order valence-corrected chi connectivity index (χ4v) is 3.73. The average Bonchev–Trinajstić information content (AvgIpc) is 2.84. The minimum atomic E-state index is -4.43. The van der Waals surface area contributed by atoms with Gasteiger partial charge in [-0.3, -0.25) is 4.79 Å². The quantitative estimate of drug-likeness (QED) is 0.590. The van der Waals surface area contributed by atoms with Crippen molar-refractivity contribution >= 4 is 11.7 Å². The summed E-state index contributed by atoms with van der Waals surface area (Å²) in [5.74, 6) is 0.909. The molecule has 1 aliphatic heterocycles. The maximum atomic E-state index is 13.0. The number of carbonyl (C=O) groups is 1. The lowest BCUT2D eigenvalue weighted by Crippen LogP contribution is -2.38. The van der Waals surface area contributed by atoms with E-state index >= 15 is 0 Å². The Balaban J connectivity index is 1.42. The van der Waals surface area contributed by atoms with Crippen molar-refractivity contribution in [1.29, 1.82) is 0 Å². The normalized spacial score (nSPS) is 14.6. The van der Waals surface area contributed by atoms with Crippen molar-refractivity contribution in [2.24, 2.45) is 0 Å². The van der Waals surface area contributed by atoms with Crippen molar-refractivity contribution in [2.45, 2.75) is 24.9 Å². The number of carbonyl (C=O) groups excluding carboxylic acids is 1. The summed E-state index contributed by atoms with van der Waals surface area (Å²) in [5, 5.41) is 8.03. The predicted octanol–water partition coefficient (Wildman–Crippen LogP) is 4.29. The molecular weight excluding hydrogens is 451 g/mol. The lowest BCUT2D eigenvalue weighted by Gasteiger charge is -2.31. The Labute approximate surface area is 193 Å². The van der Waals surface area contributed by atoms with E-state index in [9.17, 15) is 18.0 Å². The number of benzene rings is 1. The maximum Gasteiger partial charge on any atom is 0.416 e. The second kappa shape index (κ2) is 9.54. The number of alkyl halides is 3. The molecule has 11 heteroatoms. The Morgan fingerprint density at radius 1 is 1.06 bits per heavy atom. The van der Waals surface area contributed by atoms with Gasteiger partial charge in [0, 0.05) is 25.1 Å². The van der Waals surface area contributed by atoms with E-state index in [0.29, 0.717) is 18.9 Å². The van der Waals surface area contributed by atoms with Crippen molar-refractivity contribution in [3.05, 3.63) is 65.6 Å². The molecule has 34 heavy (non-hydrogen) atoms. The lowest BCUT2D eigenvalue weighted by molar-refractivity contribution is -0.137. The van der Waals surface area contributed by atoms with E-state index in [1.807, 2.05) is 6.07 Å². The number of methoxy groups -OCH3 is 1. The van der Waals surface area contributed by atoms with Crippen molar-refractivity contribution in [3.8, 4) is 17.2 Å². The molecule has 1 fully saturated rings. The molecule has 0 spiro atoms. The van der Waals surface area contributed by atoms with Crippen molar-refractivity contribution in [1.82, 2.24) is 20.1 Å².